The van der Waals surface area contributed by atoms with Crippen LogP contribution in [0, 0.1) is 0 Å². The summed E-state index contributed by atoms with van der Waals surface area (Å²) in [6.07, 6.45) is 4.52. The van der Waals surface area contributed by atoms with Crippen molar-refractivity contribution in [2.45, 2.75) is 67.2 Å². The van der Waals surface area contributed by atoms with E-state index >= 15 is 0 Å². The van der Waals surface area contributed by atoms with Gasteiger partial charge in [-0.15, -0.1) is 0 Å². The van der Waals surface area contributed by atoms with Crippen LogP contribution in [0.15, 0.2) is 137 Å². The minimum atomic E-state index is -3.55. The summed E-state index contributed by atoms with van der Waals surface area (Å²) in [5.74, 6) is 2.16. The second kappa shape index (κ2) is 25.6. The summed E-state index contributed by atoms with van der Waals surface area (Å²) >= 11 is 12.7. The Labute approximate surface area is 436 Å². The fourth-order valence-electron chi connectivity index (χ4n) is 7.04. The number of carbonyl (C=O) groups is 1. The number of anilines is 8. The van der Waals surface area contributed by atoms with E-state index in [2.05, 4.69) is 46.5 Å². The van der Waals surface area contributed by atoms with Crippen molar-refractivity contribution in [3.05, 3.63) is 154 Å². The number of halogens is 2. The number of ether oxygens (including phenoxy) is 2. The van der Waals surface area contributed by atoms with Crippen molar-refractivity contribution >= 4 is 95.1 Å². The molecule has 17 nitrogen and oxygen atoms in total. The molecule has 2 heterocycles. The second-order valence-electron chi connectivity index (χ2n) is 16.8. The van der Waals surface area contributed by atoms with Gasteiger partial charge < -0.3 is 41.8 Å². The molecule has 2 aromatic heterocycles. The van der Waals surface area contributed by atoms with Crippen LogP contribution in [0.25, 0.3) is 0 Å². The molecule has 384 valence electrons. The monoisotopic (exact) mass is 1070 g/mol. The average molecular weight is 1070 g/mol. The molecule has 0 spiro atoms. The van der Waals surface area contributed by atoms with E-state index in [1.807, 2.05) is 66.7 Å². The predicted molar refractivity (Wildman–Crippen MR) is 290 cm³/mol. The Hall–Kier alpha value is -7.03. The molecule has 5 aromatic carbocycles. The molecule has 7 aromatic rings. The molecule has 0 fully saturated rings. The summed E-state index contributed by atoms with van der Waals surface area (Å²) in [7, 11) is -3.92. The standard InChI is InChI=1S/C30H32ClN5O4S.C22H26ClN5O3S/c1-20(2)41(38,39)27-12-8-7-11-24(27)34-29-23(31)19-33-30(36-29)35-25-17-22(13-14-26(25)40-3)15-16-32-28(37)18-21-9-5-4-6-10-21;1-14(2)32(29,30)20-7-5-4-6-17(20)26-21-16(23)13-25-22(28-21)27-18-12-15(10-11-24)8-9-19(18)31-3/h4-14,17,19-20H,15-16,18H2,1-3H3,(H,32,37)(H2,33,34,35,36);4-9,12-14H,10-11,24H2,1-3H3,(H2,25,26,27,28). The number of nitrogens with two attached hydrogens (primary N) is 1. The number of amides is 1. The zero-order valence-corrected chi connectivity index (χ0v) is 44.3. The SMILES string of the molecule is COc1ccc(CCN)cc1Nc1ncc(Cl)c(Nc2ccccc2S(=O)(=O)C(C)C)n1.COc1ccc(CCNC(=O)Cc2ccccc2)cc1Nc1ncc(Cl)c(Nc2ccccc2S(=O)(=O)C(C)C)n1. The molecule has 0 aliphatic carbocycles. The minimum absolute atomic E-state index is 0.0413. The molecule has 7 N–H and O–H groups in total. The lowest BCUT2D eigenvalue weighted by Gasteiger charge is -2.16. The molecule has 0 unspecified atom stereocenters. The Morgan fingerprint density at radius 1 is 0.575 bits per heavy atom. The molecule has 0 aliphatic rings. The fraction of sp³-hybridized carbons (Fsp3) is 0.250. The highest BCUT2D eigenvalue weighted by atomic mass is 35.5. The van der Waals surface area contributed by atoms with Gasteiger partial charge in [0.05, 0.1) is 76.1 Å². The first-order chi connectivity index (χ1) is 34.9. The van der Waals surface area contributed by atoms with E-state index in [0.29, 0.717) is 66.6 Å². The summed E-state index contributed by atoms with van der Waals surface area (Å²) < 4.78 is 62.2. The maximum Gasteiger partial charge on any atom is 0.229 e. The predicted octanol–water partition coefficient (Wildman–Crippen LogP) is 10.0. The van der Waals surface area contributed by atoms with Gasteiger partial charge in [-0.2, -0.15) is 9.97 Å². The normalized spacial score (nSPS) is 11.3. The number of hydrogen-bond donors (Lipinski definition) is 6. The summed E-state index contributed by atoms with van der Waals surface area (Å²) in [5.41, 5.74) is 10.7. The number of aromatic nitrogens is 4. The van der Waals surface area contributed by atoms with Crippen molar-refractivity contribution in [3.8, 4) is 11.5 Å². The number of benzene rings is 5. The third kappa shape index (κ3) is 14.8. The summed E-state index contributed by atoms with van der Waals surface area (Å²) in [6.45, 7) is 7.53. The van der Waals surface area contributed by atoms with E-state index in [9.17, 15) is 21.6 Å². The van der Waals surface area contributed by atoms with E-state index in [-0.39, 0.29) is 49.3 Å². The first-order valence-electron chi connectivity index (χ1n) is 23.1. The molecule has 0 bridgehead atoms. The average Bonchev–Trinajstić information content (AvgIpc) is 3.37. The number of rotatable bonds is 21. The van der Waals surface area contributed by atoms with Gasteiger partial charge in [-0.25, -0.2) is 26.8 Å². The van der Waals surface area contributed by atoms with E-state index in [1.165, 1.54) is 12.4 Å². The Kier molecular flexibility index (Phi) is 19.4. The molecule has 0 aliphatic heterocycles. The molecular formula is C52H58Cl2N10O7S2. The van der Waals surface area contributed by atoms with Gasteiger partial charge >= 0.3 is 0 Å². The number of sulfone groups is 2. The van der Waals surface area contributed by atoms with Gasteiger partial charge in [-0.3, -0.25) is 4.79 Å². The van der Waals surface area contributed by atoms with Gasteiger partial charge in [0.1, 0.15) is 21.5 Å². The topological polar surface area (TPSA) is 242 Å². The Morgan fingerprint density at radius 2 is 1.01 bits per heavy atom. The zero-order valence-electron chi connectivity index (χ0n) is 41.1. The Morgan fingerprint density at radius 3 is 1.45 bits per heavy atom. The number of carbonyl (C=O) groups excluding carboxylic acids is 1. The van der Waals surface area contributed by atoms with Crippen molar-refractivity contribution in [1.29, 1.82) is 0 Å². The highest BCUT2D eigenvalue weighted by Gasteiger charge is 2.25. The first kappa shape index (κ1) is 55.3. The fourth-order valence-corrected chi connectivity index (χ4v) is 9.72. The first-order valence-corrected chi connectivity index (χ1v) is 26.9. The number of nitrogens with zero attached hydrogens (tertiary/aromatic N) is 4. The third-order valence-electron chi connectivity index (χ3n) is 11.0. The molecule has 73 heavy (non-hydrogen) atoms. The van der Waals surface area contributed by atoms with Crippen LogP contribution in [0.2, 0.25) is 10.0 Å². The lowest BCUT2D eigenvalue weighted by molar-refractivity contribution is -0.120. The van der Waals surface area contributed by atoms with Crippen LogP contribution in [0.1, 0.15) is 44.4 Å². The summed E-state index contributed by atoms with van der Waals surface area (Å²) in [4.78, 5) is 30.1. The van der Waals surface area contributed by atoms with Gasteiger partial charge in [-0.05, 0) is 112 Å². The van der Waals surface area contributed by atoms with E-state index in [4.69, 9.17) is 38.4 Å². The van der Waals surface area contributed by atoms with Crippen LogP contribution in [-0.4, -0.2) is 80.5 Å². The maximum absolute atomic E-state index is 12.9. The molecule has 21 heteroatoms. The highest BCUT2D eigenvalue weighted by Crippen LogP contribution is 2.35. The van der Waals surface area contributed by atoms with Gasteiger partial charge in [0.15, 0.2) is 31.3 Å². The second-order valence-corrected chi connectivity index (χ2v) is 22.6. The van der Waals surface area contributed by atoms with Crippen molar-refractivity contribution in [1.82, 2.24) is 25.3 Å². The lowest BCUT2D eigenvalue weighted by atomic mass is 10.1. The van der Waals surface area contributed by atoms with Crippen LogP contribution >= 0.6 is 23.2 Å². The number of methoxy groups -OCH3 is 2. The Bertz CT molecular complexity index is 3240. The molecule has 0 atom stereocenters. The van der Waals surface area contributed by atoms with Crippen LogP contribution in [-0.2, 0) is 43.7 Å². The number of hydrogen-bond acceptors (Lipinski definition) is 16. The van der Waals surface area contributed by atoms with E-state index in [1.54, 1.807) is 90.4 Å². The minimum Gasteiger partial charge on any atom is -0.495 e. The van der Waals surface area contributed by atoms with Crippen molar-refractivity contribution in [2.24, 2.45) is 5.73 Å². The van der Waals surface area contributed by atoms with Crippen LogP contribution in [0.3, 0.4) is 0 Å². The van der Waals surface area contributed by atoms with Crippen molar-refractivity contribution in [3.63, 3.8) is 0 Å². The van der Waals surface area contributed by atoms with Gasteiger partial charge in [0.25, 0.3) is 0 Å². The van der Waals surface area contributed by atoms with Crippen LogP contribution in [0.4, 0.5) is 46.3 Å². The Balaban J connectivity index is 0.000000246. The summed E-state index contributed by atoms with van der Waals surface area (Å²) in [5, 5.41) is 14.6. The molecular weight excluding hydrogens is 1010 g/mol. The van der Waals surface area contributed by atoms with Crippen LogP contribution < -0.4 is 41.8 Å². The maximum atomic E-state index is 12.9. The lowest BCUT2D eigenvalue weighted by Crippen LogP contribution is -2.27. The number of para-hydroxylation sites is 2. The van der Waals surface area contributed by atoms with Gasteiger partial charge in [0, 0.05) is 6.54 Å². The molecule has 0 saturated heterocycles. The molecule has 7 rings (SSSR count). The van der Waals surface area contributed by atoms with Gasteiger partial charge in [-0.1, -0.05) is 89.9 Å². The van der Waals surface area contributed by atoms with Crippen LogP contribution in [0.5, 0.6) is 11.5 Å². The largest absolute Gasteiger partial charge is 0.495 e. The highest BCUT2D eigenvalue weighted by molar-refractivity contribution is 7.92. The molecule has 1 amide bonds. The smallest absolute Gasteiger partial charge is 0.229 e. The molecule has 0 radical (unpaired) electrons. The quantitative estimate of drug-likeness (QED) is 0.0392. The van der Waals surface area contributed by atoms with E-state index < -0.39 is 30.2 Å². The number of nitrogens with one attached hydrogen (secondary N) is 5. The zero-order chi connectivity index (χ0) is 52.7. The van der Waals surface area contributed by atoms with Gasteiger partial charge in [0.2, 0.25) is 17.8 Å². The van der Waals surface area contributed by atoms with Crippen molar-refractivity contribution in [2.75, 3.05) is 48.6 Å². The molecule has 0 saturated carbocycles. The summed E-state index contributed by atoms with van der Waals surface area (Å²) in [6, 6.07) is 34.2. The van der Waals surface area contributed by atoms with Crippen molar-refractivity contribution < 1.29 is 31.1 Å². The van der Waals surface area contributed by atoms with E-state index in [0.717, 1.165) is 16.7 Å². The third-order valence-corrected chi connectivity index (χ3v) is 16.0.